The van der Waals surface area contributed by atoms with Crippen LogP contribution in [0.3, 0.4) is 0 Å². The third-order valence-corrected chi connectivity index (χ3v) is 5.10. The zero-order valence-corrected chi connectivity index (χ0v) is 13.2. The first-order chi connectivity index (χ1) is 7.76. The van der Waals surface area contributed by atoms with E-state index >= 15 is 0 Å². The number of hydrogen-bond acceptors (Lipinski definition) is 1. The van der Waals surface area contributed by atoms with E-state index in [1.54, 1.807) is 0 Å². The van der Waals surface area contributed by atoms with Crippen LogP contribution in [0.15, 0.2) is 12.2 Å². The molecule has 0 aromatic rings. The van der Waals surface area contributed by atoms with Crippen LogP contribution >= 0.6 is 0 Å². The van der Waals surface area contributed by atoms with Crippen LogP contribution in [-0.4, -0.2) is 13.6 Å². The lowest BCUT2D eigenvalue weighted by Crippen LogP contribution is -2.42. The van der Waals surface area contributed by atoms with Gasteiger partial charge in [-0.2, -0.15) is 0 Å². The molecule has 0 aliphatic heterocycles. The van der Waals surface area contributed by atoms with Crippen molar-refractivity contribution in [1.82, 2.24) is 5.32 Å². The van der Waals surface area contributed by atoms with E-state index in [0.29, 0.717) is 17.3 Å². The Hall–Kier alpha value is -0.300. The fourth-order valence-corrected chi connectivity index (χ4v) is 3.04. The third-order valence-electron chi connectivity index (χ3n) is 5.10. The van der Waals surface area contributed by atoms with E-state index in [1.165, 1.54) is 6.42 Å². The minimum Gasteiger partial charge on any atom is -0.319 e. The predicted molar refractivity (Wildman–Crippen MR) is 79.2 cm³/mol. The second kappa shape index (κ2) is 6.58. The first kappa shape index (κ1) is 16.7. The van der Waals surface area contributed by atoms with Crippen molar-refractivity contribution in [2.24, 2.45) is 22.7 Å². The van der Waals surface area contributed by atoms with E-state index in [4.69, 9.17) is 0 Å². The van der Waals surface area contributed by atoms with Gasteiger partial charge in [-0.05, 0) is 43.2 Å². The molecule has 3 unspecified atom stereocenters. The molecule has 0 heterocycles. The Morgan fingerprint density at radius 3 is 2.06 bits per heavy atom. The molecule has 17 heavy (non-hydrogen) atoms. The number of rotatable bonds is 7. The molecular formula is C16H33N. The first-order valence-electron chi connectivity index (χ1n) is 7.04. The minimum absolute atomic E-state index is 0.265. The zero-order chi connectivity index (χ0) is 13.7. The summed E-state index contributed by atoms with van der Waals surface area (Å²) in [6.07, 6.45) is 5.78. The van der Waals surface area contributed by atoms with Crippen LogP contribution in [-0.2, 0) is 0 Å². The molecule has 0 rings (SSSR count). The first-order valence-corrected chi connectivity index (χ1v) is 7.04. The maximum Gasteiger partial charge on any atom is -0.00209 e. The van der Waals surface area contributed by atoms with Gasteiger partial charge in [-0.3, -0.25) is 0 Å². The van der Waals surface area contributed by atoms with Gasteiger partial charge >= 0.3 is 0 Å². The summed E-state index contributed by atoms with van der Waals surface area (Å²) < 4.78 is 0. The minimum atomic E-state index is 0.265. The Labute approximate surface area is 109 Å². The van der Waals surface area contributed by atoms with Gasteiger partial charge in [-0.1, -0.05) is 60.1 Å². The summed E-state index contributed by atoms with van der Waals surface area (Å²) in [7, 11) is 2.05. The van der Waals surface area contributed by atoms with Gasteiger partial charge in [-0.15, -0.1) is 0 Å². The van der Waals surface area contributed by atoms with Crippen molar-refractivity contribution in [3.63, 3.8) is 0 Å². The molecule has 0 saturated heterocycles. The van der Waals surface area contributed by atoms with Crippen LogP contribution in [0.4, 0.5) is 0 Å². The van der Waals surface area contributed by atoms with Crippen LogP contribution < -0.4 is 5.32 Å². The van der Waals surface area contributed by atoms with Crippen LogP contribution in [0.25, 0.3) is 0 Å². The Morgan fingerprint density at radius 2 is 1.71 bits per heavy atom. The summed E-state index contributed by atoms with van der Waals surface area (Å²) in [4.78, 5) is 0. The maximum atomic E-state index is 3.33. The molecule has 0 aromatic carbocycles. The second-order valence-electron chi connectivity index (χ2n) is 6.36. The Bertz CT molecular complexity index is 242. The summed E-state index contributed by atoms with van der Waals surface area (Å²) in [6, 6.07) is 0. The quantitative estimate of drug-likeness (QED) is 0.645. The molecule has 0 spiro atoms. The summed E-state index contributed by atoms with van der Waals surface area (Å²) in [5.74, 6) is 1.36. The molecule has 1 N–H and O–H groups in total. The third kappa shape index (κ3) is 3.84. The normalized spacial score (nSPS) is 20.2. The number of allylic oxidation sites excluding steroid dienone is 2. The Balaban J connectivity index is 5.09. The van der Waals surface area contributed by atoms with Gasteiger partial charge < -0.3 is 5.32 Å². The van der Waals surface area contributed by atoms with Crippen LogP contribution in [0.5, 0.6) is 0 Å². The Kier molecular flexibility index (Phi) is 6.47. The van der Waals surface area contributed by atoms with Gasteiger partial charge in [-0.25, -0.2) is 0 Å². The second-order valence-corrected chi connectivity index (χ2v) is 6.36. The van der Waals surface area contributed by atoms with E-state index in [-0.39, 0.29) is 5.41 Å². The van der Waals surface area contributed by atoms with Crippen LogP contribution in [0.2, 0.25) is 0 Å². The summed E-state index contributed by atoms with van der Waals surface area (Å²) in [5.41, 5.74) is 0.646. The van der Waals surface area contributed by atoms with Crippen molar-refractivity contribution < 1.29 is 0 Å². The molecule has 0 bridgehead atoms. The smallest absolute Gasteiger partial charge is 0.00209 e. The predicted octanol–water partition coefficient (Wildman–Crippen LogP) is 4.50. The molecule has 1 nitrogen and oxygen atoms in total. The highest BCUT2D eigenvalue weighted by molar-refractivity contribution is 5.01. The molecule has 0 fully saturated rings. The highest BCUT2D eigenvalue weighted by atomic mass is 14.8. The lowest BCUT2D eigenvalue weighted by molar-refractivity contribution is 0.0454. The van der Waals surface area contributed by atoms with Crippen molar-refractivity contribution in [2.45, 2.75) is 54.9 Å². The zero-order valence-electron chi connectivity index (χ0n) is 13.2. The summed E-state index contributed by atoms with van der Waals surface area (Å²) in [5, 5.41) is 3.33. The SMILES string of the molecule is CC=CC(C)(C)C(C)C(C)(CC)C(C)CNC. The molecule has 0 radical (unpaired) electrons. The molecule has 102 valence electrons. The fourth-order valence-electron chi connectivity index (χ4n) is 3.04. The summed E-state index contributed by atoms with van der Waals surface area (Å²) >= 11 is 0. The largest absolute Gasteiger partial charge is 0.319 e. The lowest BCUT2D eigenvalue weighted by Gasteiger charge is -2.47. The van der Waals surface area contributed by atoms with E-state index in [9.17, 15) is 0 Å². The molecule has 1 heteroatoms. The van der Waals surface area contributed by atoms with Gasteiger partial charge in [0.1, 0.15) is 0 Å². The number of nitrogens with one attached hydrogen (secondary N) is 1. The molecular weight excluding hydrogens is 206 g/mol. The summed E-state index contributed by atoms with van der Waals surface area (Å²) in [6.45, 7) is 17.5. The van der Waals surface area contributed by atoms with Gasteiger partial charge in [0.05, 0.1) is 0 Å². The molecule has 3 atom stereocenters. The van der Waals surface area contributed by atoms with E-state index < -0.39 is 0 Å². The molecule has 0 aromatic heterocycles. The van der Waals surface area contributed by atoms with Crippen molar-refractivity contribution in [2.75, 3.05) is 13.6 Å². The van der Waals surface area contributed by atoms with E-state index in [0.717, 1.165) is 6.54 Å². The van der Waals surface area contributed by atoms with Gasteiger partial charge in [0, 0.05) is 0 Å². The van der Waals surface area contributed by atoms with Crippen molar-refractivity contribution >= 4 is 0 Å². The fraction of sp³-hybridized carbons (Fsp3) is 0.875. The maximum absolute atomic E-state index is 3.33. The average molecular weight is 239 g/mol. The van der Waals surface area contributed by atoms with Gasteiger partial charge in [0.25, 0.3) is 0 Å². The lowest BCUT2D eigenvalue weighted by atomic mass is 9.59. The van der Waals surface area contributed by atoms with E-state index in [2.05, 4.69) is 65.9 Å². The van der Waals surface area contributed by atoms with E-state index in [1.807, 2.05) is 7.05 Å². The Morgan fingerprint density at radius 1 is 1.18 bits per heavy atom. The van der Waals surface area contributed by atoms with Crippen LogP contribution in [0.1, 0.15) is 54.9 Å². The molecule has 0 saturated carbocycles. The van der Waals surface area contributed by atoms with Crippen molar-refractivity contribution in [1.29, 1.82) is 0 Å². The van der Waals surface area contributed by atoms with Gasteiger partial charge in [0.2, 0.25) is 0 Å². The van der Waals surface area contributed by atoms with Crippen molar-refractivity contribution in [3.8, 4) is 0 Å². The van der Waals surface area contributed by atoms with Crippen LogP contribution in [0, 0.1) is 22.7 Å². The molecule has 0 aliphatic carbocycles. The number of hydrogen-bond donors (Lipinski definition) is 1. The highest BCUT2D eigenvalue weighted by Crippen LogP contribution is 2.47. The molecule has 0 aliphatic rings. The standard InChI is InChI=1S/C16H33N/c1-9-11-15(5,6)14(4)16(7,10-2)13(3)12-17-8/h9,11,13-14,17H,10,12H2,1-8H3. The van der Waals surface area contributed by atoms with Gasteiger partial charge in [0.15, 0.2) is 0 Å². The molecule has 0 amide bonds. The monoisotopic (exact) mass is 239 g/mol. The average Bonchev–Trinajstić information content (AvgIpc) is 2.27. The topological polar surface area (TPSA) is 12.0 Å². The highest BCUT2D eigenvalue weighted by Gasteiger charge is 2.41. The van der Waals surface area contributed by atoms with Crippen molar-refractivity contribution in [3.05, 3.63) is 12.2 Å².